The Hall–Kier alpha value is -1.62. The molecule has 0 fully saturated rings. The van der Waals surface area contributed by atoms with Crippen LogP contribution >= 0.6 is 11.6 Å². The summed E-state index contributed by atoms with van der Waals surface area (Å²) >= 11 is 5.64. The van der Waals surface area contributed by atoms with Crippen molar-refractivity contribution in [3.8, 4) is 0 Å². The second-order valence-corrected chi connectivity index (χ2v) is 3.55. The van der Waals surface area contributed by atoms with E-state index in [-0.39, 0.29) is 23.7 Å². The maximum atomic E-state index is 13.3. The molecular weight excluding hydrogens is 249 g/mol. The van der Waals surface area contributed by atoms with Crippen molar-refractivity contribution in [2.24, 2.45) is 0 Å². The van der Waals surface area contributed by atoms with Gasteiger partial charge >= 0.3 is 5.97 Å². The predicted octanol–water partition coefficient (Wildman–Crippen LogP) is 1.77. The molecule has 6 heteroatoms. The molecule has 0 aromatic heterocycles. The summed E-state index contributed by atoms with van der Waals surface area (Å²) in [7, 11) is 0. The topological polar surface area (TPSA) is 55.4 Å². The predicted molar refractivity (Wildman–Crippen MR) is 60.4 cm³/mol. The largest absolute Gasteiger partial charge is 0.465 e. The molecule has 0 aliphatic rings. The van der Waals surface area contributed by atoms with Gasteiger partial charge in [-0.05, 0) is 25.1 Å². The van der Waals surface area contributed by atoms with Crippen LogP contribution in [0, 0.1) is 5.82 Å². The quantitative estimate of drug-likeness (QED) is 0.839. The van der Waals surface area contributed by atoms with Crippen LogP contribution in [0.4, 0.5) is 4.39 Å². The van der Waals surface area contributed by atoms with Gasteiger partial charge in [-0.25, -0.2) is 4.39 Å². The van der Waals surface area contributed by atoms with E-state index in [2.05, 4.69) is 10.1 Å². The Morgan fingerprint density at radius 3 is 2.82 bits per heavy atom. The van der Waals surface area contributed by atoms with Gasteiger partial charge in [0.25, 0.3) is 5.91 Å². The Balaban J connectivity index is 2.64. The fourth-order valence-corrected chi connectivity index (χ4v) is 1.30. The molecule has 92 valence electrons. The van der Waals surface area contributed by atoms with Crippen molar-refractivity contribution in [1.29, 1.82) is 0 Å². The van der Waals surface area contributed by atoms with Gasteiger partial charge in [-0.15, -0.1) is 0 Å². The minimum Gasteiger partial charge on any atom is -0.465 e. The first-order valence-corrected chi connectivity index (χ1v) is 5.31. The van der Waals surface area contributed by atoms with Crippen LogP contribution in [-0.4, -0.2) is 25.0 Å². The smallest absolute Gasteiger partial charge is 0.325 e. The normalized spacial score (nSPS) is 9.82. The van der Waals surface area contributed by atoms with Gasteiger partial charge < -0.3 is 10.1 Å². The molecule has 4 nitrogen and oxygen atoms in total. The summed E-state index contributed by atoms with van der Waals surface area (Å²) in [6.07, 6.45) is 0. The second kappa shape index (κ2) is 6.20. The number of esters is 1. The Kier molecular flexibility index (Phi) is 4.90. The Labute approximate surface area is 103 Å². The summed E-state index contributed by atoms with van der Waals surface area (Å²) in [6, 6.07) is 3.61. The fourth-order valence-electron chi connectivity index (χ4n) is 1.13. The molecule has 0 aliphatic heterocycles. The molecule has 0 radical (unpaired) electrons. The standard InChI is InChI=1S/C11H11ClFNO3/c1-2-17-10(15)6-14-11(16)8-5-7(12)3-4-9(8)13/h3-5H,2,6H2,1H3,(H,14,16). The Morgan fingerprint density at radius 1 is 1.47 bits per heavy atom. The molecule has 1 N–H and O–H groups in total. The van der Waals surface area contributed by atoms with Crippen LogP contribution in [0.15, 0.2) is 18.2 Å². The molecule has 0 atom stereocenters. The first-order valence-electron chi connectivity index (χ1n) is 4.93. The second-order valence-electron chi connectivity index (χ2n) is 3.11. The zero-order valence-corrected chi connectivity index (χ0v) is 9.88. The van der Waals surface area contributed by atoms with Gasteiger partial charge in [-0.3, -0.25) is 9.59 Å². The maximum absolute atomic E-state index is 13.3. The number of halogens is 2. The highest BCUT2D eigenvalue weighted by Crippen LogP contribution is 2.14. The minimum atomic E-state index is -0.710. The first-order chi connectivity index (χ1) is 8.04. The summed E-state index contributed by atoms with van der Waals surface area (Å²) < 4.78 is 17.9. The zero-order valence-electron chi connectivity index (χ0n) is 9.13. The number of benzene rings is 1. The highest BCUT2D eigenvalue weighted by Gasteiger charge is 2.13. The highest BCUT2D eigenvalue weighted by molar-refractivity contribution is 6.31. The van der Waals surface area contributed by atoms with Gasteiger partial charge in [0.2, 0.25) is 0 Å². The van der Waals surface area contributed by atoms with Gasteiger partial charge in [-0.1, -0.05) is 11.6 Å². The summed E-state index contributed by atoms with van der Waals surface area (Å²) in [5, 5.41) is 2.48. The number of hydrogen-bond donors (Lipinski definition) is 1. The lowest BCUT2D eigenvalue weighted by atomic mass is 10.2. The van der Waals surface area contributed by atoms with E-state index in [4.69, 9.17) is 11.6 Å². The zero-order chi connectivity index (χ0) is 12.8. The van der Waals surface area contributed by atoms with E-state index in [1.54, 1.807) is 6.92 Å². The molecular formula is C11H11ClFNO3. The number of hydrogen-bond acceptors (Lipinski definition) is 3. The van der Waals surface area contributed by atoms with Crippen LogP contribution < -0.4 is 5.32 Å². The molecule has 0 saturated carbocycles. The number of amides is 1. The van der Waals surface area contributed by atoms with Gasteiger partial charge in [0.05, 0.1) is 12.2 Å². The van der Waals surface area contributed by atoms with Gasteiger partial charge in [-0.2, -0.15) is 0 Å². The summed E-state index contributed by atoms with van der Waals surface area (Å²) in [6.45, 7) is 1.56. The van der Waals surface area contributed by atoms with Crippen molar-refractivity contribution in [1.82, 2.24) is 5.32 Å². The average Bonchev–Trinajstić information content (AvgIpc) is 2.29. The van der Waals surface area contributed by atoms with E-state index in [0.29, 0.717) is 0 Å². The molecule has 0 unspecified atom stereocenters. The van der Waals surface area contributed by atoms with Crippen LogP contribution in [0.3, 0.4) is 0 Å². The van der Waals surface area contributed by atoms with Crippen molar-refractivity contribution in [2.75, 3.05) is 13.2 Å². The summed E-state index contributed by atoms with van der Waals surface area (Å²) in [4.78, 5) is 22.5. The fraction of sp³-hybridized carbons (Fsp3) is 0.273. The molecule has 0 heterocycles. The number of ether oxygens (including phenoxy) is 1. The van der Waals surface area contributed by atoms with Gasteiger partial charge in [0.15, 0.2) is 0 Å². The highest BCUT2D eigenvalue weighted by atomic mass is 35.5. The molecule has 1 amide bonds. The first kappa shape index (κ1) is 13.4. The van der Waals surface area contributed by atoms with Crippen molar-refractivity contribution >= 4 is 23.5 Å². The van der Waals surface area contributed by atoms with Crippen LogP contribution in [-0.2, 0) is 9.53 Å². The van der Waals surface area contributed by atoms with E-state index < -0.39 is 17.7 Å². The third-order valence-corrected chi connectivity index (χ3v) is 2.11. The molecule has 17 heavy (non-hydrogen) atoms. The molecule has 0 saturated heterocycles. The van der Waals surface area contributed by atoms with Gasteiger partial charge in [0.1, 0.15) is 12.4 Å². The number of nitrogens with one attached hydrogen (secondary N) is 1. The van der Waals surface area contributed by atoms with E-state index in [9.17, 15) is 14.0 Å². The summed E-state index contributed by atoms with van der Waals surface area (Å²) in [5.74, 6) is -1.99. The molecule has 1 rings (SSSR count). The number of rotatable bonds is 4. The van der Waals surface area contributed by atoms with E-state index in [0.717, 1.165) is 6.07 Å². The molecule has 0 spiro atoms. The maximum Gasteiger partial charge on any atom is 0.325 e. The monoisotopic (exact) mass is 259 g/mol. The Morgan fingerprint density at radius 2 is 2.18 bits per heavy atom. The molecule has 1 aromatic carbocycles. The van der Waals surface area contributed by atoms with Crippen LogP contribution in [0.25, 0.3) is 0 Å². The lowest BCUT2D eigenvalue weighted by Crippen LogP contribution is -2.31. The SMILES string of the molecule is CCOC(=O)CNC(=O)c1cc(Cl)ccc1F. The van der Waals surface area contributed by atoms with Crippen molar-refractivity contribution < 1.29 is 18.7 Å². The van der Waals surface area contributed by atoms with Crippen LogP contribution in [0.5, 0.6) is 0 Å². The third-order valence-electron chi connectivity index (χ3n) is 1.87. The summed E-state index contributed by atoms with van der Waals surface area (Å²) in [5.41, 5.74) is -0.207. The number of carbonyl (C=O) groups excluding carboxylic acids is 2. The van der Waals surface area contributed by atoms with E-state index in [1.807, 2.05) is 0 Å². The van der Waals surface area contributed by atoms with E-state index >= 15 is 0 Å². The van der Waals surface area contributed by atoms with Crippen LogP contribution in [0.2, 0.25) is 5.02 Å². The number of carbonyl (C=O) groups is 2. The van der Waals surface area contributed by atoms with Crippen LogP contribution in [0.1, 0.15) is 17.3 Å². The molecule has 0 aliphatic carbocycles. The van der Waals surface area contributed by atoms with Crippen molar-refractivity contribution in [2.45, 2.75) is 6.92 Å². The third kappa shape index (κ3) is 4.03. The lowest BCUT2D eigenvalue weighted by molar-refractivity contribution is -0.141. The van der Waals surface area contributed by atoms with Crippen molar-refractivity contribution in [3.63, 3.8) is 0 Å². The molecule has 0 bridgehead atoms. The average molecular weight is 260 g/mol. The van der Waals surface area contributed by atoms with Crippen molar-refractivity contribution in [3.05, 3.63) is 34.6 Å². The minimum absolute atomic E-state index is 0.207. The lowest BCUT2D eigenvalue weighted by Gasteiger charge is -2.06. The van der Waals surface area contributed by atoms with E-state index in [1.165, 1.54) is 12.1 Å². The van der Waals surface area contributed by atoms with Gasteiger partial charge in [0, 0.05) is 5.02 Å². The molecule has 1 aromatic rings. The Bertz CT molecular complexity index is 437.